The van der Waals surface area contributed by atoms with Crippen LogP contribution in [0, 0.1) is 6.92 Å². The Morgan fingerprint density at radius 1 is 1.11 bits per heavy atom. The van der Waals surface area contributed by atoms with Crippen LogP contribution in [0.25, 0.3) is 0 Å². The molecule has 6 nitrogen and oxygen atoms in total. The number of hydrogen-bond acceptors (Lipinski definition) is 5. The molecule has 1 aromatic rings. The largest absolute Gasteiger partial charge is 0.493 e. The van der Waals surface area contributed by atoms with Crippen molar-refractivity contribution < 1.29 is 14.3 Å². The third kappa shape index (κ3) is 4.55. The van der Waals surface area contributed by atoms with Crippen LogP contribution in [0.4, 0.5) is 0 Å². The molecule has 0 N–H and O–H groups in total. The number of methoxy groups -OCH3 is 1. The van der Waals surface area contributed by atoms with Crippen LogP contribution in [-0.4, -0.2) is 86.7 Å². The highest BCUT2D eigenvalue weighted by atomic mass is 16.5. The second-order valence-electron chi connectivity index (χ2n) is 7.99. The molecule has 2 aliphatic rings. The molecule has 0 unspecified atom stereocenters. The molecule has 27 heavy (non-hydrogen) atoms. The van der Waals surface area contributed by atoms with Gasteiger partial charge in [0.05, 0.1) is 7.11 Å². The summed E-state index contributed by atoms with van der Waals surface area (Å²) in [7, 11) is 5.81. The van der Waals surface area contributed by atoms with Gasteiger partial charge in [-0.05, 0) is 44.5 Å². The predicted molar refractivity (Wildman–Crippen MR) is 107 cm³/mol. The molecule has 0 aromatic heterocycles. The lowest BCUT2D eigenvalue weighted by atomic mass is 9.86. The smallest absolute Gasteiger partial charge is 0.222 e. The molecule has 1 aromatic carbocycles. The standard InChI is InChI=1S/C21H33N3O3/c1-17-5-6-18(19(15-17)26-4)27-14-13-24-12-11-23(3)21(16-24)8-7-20(25)22(2)10-9-21/h5-6,15H,7-14,16H2,1-4H3/t21-/m0/s1. The van der Waals surface area contributed by atoms with Crippen LogP contribution in [0.5, 0.6) is 11.5 Å². The Labute approximate surface area is 163 Å². The van der Waals surface area contributed by atoms with E-state index >= 15 is 0 Å². The van der Waals surface area contributed by atoms with E-state index < -0.39 is 0 Å². The van der Waals surface area contributed by atoms with Crippen molar-refractivity contribution in [2.45, 2.75) is 31.7 Å². The molecule has 3 rings (SSSR count). The van der Waals surface area contributed by atoms with Gasteiger partial charge in [-0.25, -0.2) is 0 Å². The summed E-state index contributed by atoms with van der Waals surface area (Å²) < 4.78 is 11.4. The van der Waals surface area contributed by atoms with E-state index in [4.69, 9.17) is 9.47 Å². The first kappa shape index (κ1) is 20.0. The highest BCUT2D eigenvalue weighted by Crippen LogP contribution is 2.32. The minimum absolute atomic E-state index is 0.0974. The van der Waals surface area contributed by atoms with Gasteiger partial charge in [-0.15, -0.1) is 0 Å². The van der Waals surface area contributed by atoms with Gasteiger partial charge in [0, 0.05) is 51.7 Å². The molecule has 1 amide bonds. The molecular formula is C21H33N3O3. The second kappa shape index (κ2) is 8.48. The maximum absolute atomic E-state index is 12.1. The van der Waals surface area contributed by atoms with E-state index in [2.05, 4.69) is 16.8 Å². The number of amides is 1. The maximum Gasteiger partial charge on any atom is 0.222 e. The van der Waals surface area contributed by atoms with E-state index in [0.29, 0.717) is 13.0 Å². The van der Waals surface area contributed by atoms with Crippen molar-refractivity contribution >= 4 is 5.91 Å². The zero-order chi connectivity index (χ0) is 19.4. The van der Waals surface area contributed by atoms with Crippen LogP contribution in [0.2, 0.25) is 0 Å². The lowest BCUT2D eigenvalue weighted by Gasteiger charge is -2.49. The van der Waals surface area contributed by atoms with Crippen molar-refractivity contribution in [1.82, 2.24) is 14.7 Å². The molecule has 6 heteroatoms. The number of rotatable bonds is 5. The number of likely N-dealkylation sites (N-methyl/N-ethyl adjacent to an activating group) is 1. The van der Waals surface area contributed by atoms with Crippen LogP contribution in [0.1, 0.15) is 24.8 Å². The molecule has 2 fully saturated rings. The van der Waals surface area contributed by atoms with E-state index in [1.807, 2.05) is 37.1 Å². The van der Waals surface area contributed by atoms with Gasteiger partial charge in [0.25, 0.3) is 0 Å². The summed E-state index contributed by atoms with van der Waals surface area (Å²) in [6.45, 7) is 7.48. The summed E-state index contributed by atoms with van der Waals surface area (Å²) >= 11 is 0. The Morgan fingerprint density at radius 2 is 1.93 bits per heavy atom. The molecular weight excluding hydrogens is 342 g/mol. The van der Waals surface area contributed by atoms with E-state index in [9.17, 15) is 4.79 Å². The van der Waals surface area contributed by atoms with Crippen molar-refractivity contribution in [1.29, 1.82) is 0 Å². The molecule has 2 aliphatic heterocycles. The van der Waals surface area contributed by atoms with Gasteiger partial charge >= 0.3 is 0 Å². The third-order valence-electron chi connectivity index (χ3n) is 6.21. The van der Waals surface area contributed by atoms with Gasteiger partial charge in [-0.3, -0.25) is 14.6 Å². The van der Waals surface area contributed by atoms with Crippen molar-refractivity contribution in [3.63, 3.8) is 0 Å². The fraction of sp³-hybridized carbons (Fsp3) is 0.667. The van der Waals surface area contributed by atoms with Crippen molar-refractivity contribution in [3.8, 4) is 11.5 Å². The lowest BCUT2D eigenvalue weighted by Crippen LogP contribution is -2.61. The molecule has 0 radical (unpaired) electrons. The summed E-state index contributed by atoms with van der Waals surface area (Å²) in [5, 5.41) is 0. The zero-order valence-corrected chi connectivity index (χ0v) is 17.2. The number of carbonyl (C=O) groups is 1. The summed E-state index contributed by atoms with van der Waals surface area (Å²) in [4.78, 5) is 18.9. The summed E-state index contributed by atoms with van der Waals surface area (Å²) in [5.74, 6) is 1.86. The third-order valence-corrected chi connectivity index (χ3v) is 6.21. The minimum atomic E-state index is 0.0974. The van der Waals surface area contributed by atoms with Gasteiger partial charge in [0.1, 0.15) is 6.61 Å². The average Bonchev–Trinajstić information content (AvgIpc) is 2.80. The first-order valence-electron chi connectivity index (χ1n) is 9.88. The molecule has 2 saturated heterocycles. The molecule has 1 atom stereocenters. The molecule has 0 aliphatic carbocycles. The van der Waals surface area contributed by atoms with Crippen LogP contribution in [-0.2, 0) is 4.79 Å². The van der Waals surface area contributed by atoms with Crippen LogP contribution in [0.3, 0.4) is 0 Å². The Kier molecular flexibility index (Phi) is 6.27. The van der Waals surface area contributed by atoms with Gasteiger partial charge in [-0.1, -0.05) is 6.07 Å². The van der Waals surface area contributed by atoms with Gasteiger partial charge < -0.3 is 14.4 Å². The highest BCUT2D eigenvalue weighted by molar-refractivity contribution is 5.76. The van der Waals surface area contributed by atoms with Crippen LogP contribution >= 0.6 is 0 Å². The number of benzene rings is 1. The molecule has 150 valence electrons. The maximum atomic E-state index is 12.1. The fourth-order valence-electron chi connectivity index (χ4n) is 4.21. The Hall–Kier alpha value is -1.79. The SMILES string of the molecule is COc1cc(C)ccc1OCCN1CCN(C)[C@]2(CCC(=O)N(C)CC2)C1. The van der Waals surface area contributed by atoms with Gasteiger partial charge in [-0.2, -0.15) is 0 Å². The highest BCUT2D eigenvalue weighted by Gasteiger charge is 2.41. The number of nitrogens with zero attached hydrogens (tertiary/aromatic N) is 3. The average molecular weight is 376 g/mol. The normalized spacial score (nSPS) is 24.9. The van der Waals surface area contributed by atoms with Crippen molar-refractivity contribution in [3.05, 3.63) is 23.8 Å². The Balaban J connectivity index is 1.58. The number of carbonyl (C=O) groups excluding carboxylic acids is 1. The first-order chi connectivity index (χ1) is 12.9. The monoisotopic (exact) mass is 375 g/mol. The Morgan fingerprint density at radius 3 is 2.70 bits per heavy atom. The number of likely N-dealkylation sites (tertiary alicyclic amines) is 1. The van der Waals surface area contributed by atoms with E-state index in [1.165, 1.54) is 0 Å². The molecule has 1 spiro atoms. The Bertz CT molecular complexity index is 666. The summed E-state index contributed by atoms with van der Waals surface area (Å²) in [6, 6.07) is 6.02. The van der Waals surface area contributed by atoms with Crippen LogP contribution < -0.4 is 9.47 Å². The number of aryl methyl sites for hydroxylation is 1. The van der Waals surface area contributed by atoms with Gasteiger partial charge in [0.15, 0.2) is 11.5 Å². The number of ether oxygens (including phenoxy) is 2. The second-order valence-corrected chi connectivity index (χ2v) is 7.99. The quantitative estimate of drug-likeness (QED) is 0.788. The van der Waals surface area contributed by atoms with E-state index in [-0.39, 0.29) is 11.4 Å². The zero-order valence-electron chi connectivity index (χ0n) is 17.2. The molecule has 2 heterocycles. The summed E-state index contributed by atoms with van der Waals surface area (Å²) in [6.07, 6.45) is 2.62. The molecule has 0 bridgehead atoms. The minimum Gasteiger partial charge on any atom is -0.493 e. The van der Waals surface area contributed by atoms with Crippen molar-refractivity contribution in [2.24, 2.45) is 0 Å². The first-order valence-corrected chi connectivity index (χ1v) is 9.88. The topological polar surface area (TPSA) is 45.3 Å². The van der Waals surface area contributed by atoms with Crippen molar-refractivity contribution in [2.75, 3.05) is 60.5 Å². The summed E-state index contributed by atoms with van der Waals surface area (Å²) in [5.41, 5.74) is 1.26. The van der Waals surface area contributed by atoms with Crippen LogP contribution in [0.15, 0.2) is 18.2 Å². The number of hydrogen-bond donors (Lipinski definition) is 0. The predicted octanol–water partition coefficient (Wildman–Crippen LogP) is 2.01. The number of piperazine rings is 1. The van der Waals surface area contributed by atoms with E-state index in [0.717, 1.165) is 62.6 Å². The molecule has 0 saturated carbocycles. The van der Waals surface area contributed by atoms with Gasteiger partial charge in [0.2, 0.25) is 5.91 Å². The fourth-order valence-corrected chi connectivity index (χ4v) is 4.21. The lowest BCUT2D eigenvalue weighted by molar-refractivity contribution is -0.129. The van der Waals surface area contributed by atoms with E-state index in [1.54, 1.807) is 7.11 Å².